The molecule has 0 fully saturated rings. The van der Waals surface area contributed by atoms with Crippen molar-refractivity contribution >= 4 is 17.3 Å². The first kappa shape index (κ1) is 21.5. The lowest BCUT2D eigenvalue weighted by molar-refractivity contribution is -0.130. The number of hydrogen-bond acceptors (Lipinski definition) is 3. The number of carbonyl (C=O) groups is 3. The minimum absolute atomic E-state index is 0.0333. The molecular formula is C24H34O3. The van der Waals surface area contributed by atoms with Crippen LogP contribution >= 0.6 is 0 Å². The fraction of sp³-hybridized carbons (Fsp3) is 0.625. The van der Waals surface area contributed by atoms with E-state index in [9.17, 15) is 14.4 Å². The zero-order valence-corrected chi connectivity index (χ0v) is 17.3. The monoisotopic (exact) mass is 370 g/mol. The molecule has 2 rings (SSSR count). The van der Waals surface area contributed by atoms with E-state index in [1.165, 1.54) is 0 Å². The second-order valence-corrected chi connectivity index (χ2v) is 8.14. The zero-order chi connectivity index (χ0) is 20.0. The molecule has 1 aromatic carbocycles. The predicted molar refractivity (Wildman–Crippen MR) is 109 cm³/mol. The van der Waals surface area contributed by atoms with E-state index in [2.05, 4.69) is 13.0 Å². The van der Waals surface area contributed by atoms with Crippen LogP contribution in [0.3, 0.4) is 0 Å². The maximum atomic E-state index is 12.7. The van der Waals surface area contributed by atoms with Gasteiger partial charge in [-0.05, 0) is 49.1 Å². The molecule has 0 amide bonds. The topological polar surface area (TPSA) is 51.2 Å². The highest BCUT2D eigenvalue weighted by atomic mass is 16.1. The van der Waals surface area contributed by atoms with E-state index in [0.717, 1.165) is 48.8 Å². The smallest absolute Gasteiger partial charge is 0.163 e. The molecule has 0 saturated heterocycles. The first-order valence-corrected chi connectivity index (χ1v) is 10.6. The first-order valence-electron chi connectivity index (χ1n) is 10.6. The van der Waals surface area contributed by atoms with Gasteiger partial charge in [0.1, 0.15) is 11.6 Å². The highest BCUT2D eigenvalue weighted by Crippen LogP contribution is 2.36. The lowest BCUT2D eigenvalue weighted by Crippen LogP contribution is -2.30. The summed E-state index contributed by atoms with van der Waals surface area (Å²) >= 11 is 0. The molecule has 0 saturated carbocycles. The van der Waals surface area contributed by atoms with Crippen LogP contribution in [0.1, 0.15) is 87.2 Å². The van der Waals surface area contributed by atoms with Crippen molar-refractivity contribution in [3.8, 4) is 0 Å². The van der Waals surface area contributed by atoms with Crippen molar-refractivity contribution in [2.24, 2.45) is 17.8 Å². The molecule has 0 bridgehead atoms. The fourth-order valence-corrected chi connectivity index (χ4v) is 4.77. The van der Waals surface area contributed by atoms with Crippen LogP contribution in [-0.2, 0) is 16.0 Å². The molecule has 27 heavy (non-hydrogen) atoms. The Kier molecular flexibility index (Phi) is 7.94. The highest BCUT2D eigenvalue weighted by Gasteiger charge is 2.32. The van der Waals surface area contributed by atoms with Crippen molar-refractivity contribution < 1.29 is 14.4 Å². The SMILES string of the molecule is CCCC(CC1CC(=O)c2c(C)cccc2C1)C(CC)C(=O)CC(=O)CC. The predicted octanol–water partition coefficient (Wildman–Crippen LogP) is 5.51. The van der Waals surface area contributed by atoms with Crippen LogP contribution in [0.25, 0.3) is 0 Å². The Morgan fingerprint density at radius 1 is 1.15 bits per heavy atom. The zero-order valence-electron chi connectivity index (χ0n) is 17.3. The average Bonchev–Trinajstić information content (AvgIpc) is 2.62. The molecule has 0 aromatic heterocycles. The molecule has 1 aliphatic rings. The third kappa shape index (κ3) is 5.37. The summed E-state index contributed by atoms with van der Waals surface area (Å²) in [5, 5.41) is 0. The minimum atomic E-state index is -0.0607. The number of aryl methyl sites for hydroxylation is 1. The summed E-state index contributed by atoms with van der Waals surface area (Å²) in [5.74, 6) is 0.880. The van der Waals surface area contributed by atoms with Crippen molar-refractivity contribution in [2.75, 3.05) is 0 Å². The minimum Gasteiger partial charge on any atom is -0.299 e. The Morgan fingerprint density at radius 3 is 2.52 bits per heavy atom. The van der Waals surface area contributed by atoms with Crippen LogP contribution in [0.2, 0.25) is 0 Å². The molecule has 3 atom stereocenters. The molecule has 0 N–H and O–H groups in total. The Balaban J connectivity index is 2.14. The van der Waals surface area contributed by atoms with E-state index in [1.807, 2.05) is 32.9 Å². The van der Waals surface area contributed by atoms with E-state index in [0.29, 0.717) is 18.8 Å². The third-order valence-electron chi connectivity index (χ3n) is 6.10. The van der Waals surface area contributed by atoms with Crippen molar-refractivity contribution in [1.29, 1.82) is 0 Å². The van der Waals surface area contributed by atoms with Crippen LogP contribution in [-0.4, -0.2) is 17.3 Å². The molecule has 3 unspecified atom stereocenters. The van der Waals surface area contributed by atoms with Gasteiger partial charge in [-0.3, -0.25) is 14.4 Å². The number of hydrogen-bond donors (Lipinski definition) is 0. The van der Waals surface area contributed by atoms with Gasteiger partial charge in [-0.1, -0.05) is 51.8 Å². The third-order valence-corrected chi connectivity index (χ3v) is 6.10. The van der Waals surface area contributed by atoms with E-state index < -0.39 is 0 Å². The van der Waals surface area contributed by atoms with Crippen LogP contribution in [0, 0.1) is 24.7 Å². The summed E-state index contributed by atoms with van der Waals surface area (Å²) in [6.45, 7) is 8.01. The molecule has 0 spiro atoms. The quantitative estimate of drug-likeness (QED) is 0.510. The second kappa shape index (κ2) is 9.96. The van der Waals surface area contributed by atoms with Gasteiger partial charge in [0.25, 0.3) is 0 Å². The molecule has 0 aliphatic heterocycles. The number of carbonyl (C=O) groups excluding carboxylic acids is 3. The van der Waals surface area contributed by atoms with Gasteiger partial charge in [0, 0.05) is 24.3 Å². The number of Topliss-reactive ketones (excluding diaryl/α,β-unsaturated/α-hetero) is 3. The summed E-state index contributed by atoms with van der Waals surface area (Å²) in [4.78, 5) is 37.2. The summed E-state index contributed by atoms with van der Waals surface area (Å²) in [6, 6.07) is 6.11. The lowest BCUT2D eigenvalue weighted by Gasteiger charge is -2.31. The second-order valence-electron chi connectivity index (χ2n) is 8.14. The molecule has 1 aliphatic carbocycles. The summed E-state index contributed by atoms with van der Waals surface area (Å²) in [7, 11) is 0. The van der Waals surface area contributed by atoms with E-state index in [-0.39, 0.29) is 35.6 Å². The Labute approximate surface area is 163 Å². The molecule has 1 aromatic rings. The van der Waals surface area contributed by atoms with Gasteiger partial charge < -0.3 is 0 Å². The van der Waals surface area contributed by atoms with Crippen molar-refractivity contribution in [3.63, 3.8) is 0 Å². The van der Waals surface area contributed by atoms with E-state index >= 15 is 0 Å². The van der Waals surface area contributed by atoms with Crippen LogP contribution in [0.5, 0.6) is 0 Å². The van der Waals surface area contributed by atoms with Crippen molar-refractivity contribution in [1.82, 2.24) is 0 Å². The number of benzene rings is 1. The maximum Gasteiger partial charge on any atom is 0.163 e. The number of rotatable bonds is 10. The Morgan fingerprint density at radius 2 is 1.89 bits per heavy atom. The summed E-state index contributed by atoms with van der Waals surface area (Å²) in [6.07, 6.45) is 5.67. The average molecular weight is 371 g/mol. The highest BCUT2D eigenvalue weighted by molar-refractivity contribution is 6.00. The molecule has 148 valence electrons. The normalized spacial score (nSPS) is 18.7. The van der Waals surface area contributed by atoms with Crippen LogP contribution in [0.4, 0.5) is 0 Å². The molecule has 0 radical (unpaired) electrons. The van der Waals surface area contributed by atoms with Crippen LogP contribution in [0.15, 0.2) is 18.2 Å². The Bertz CT molecular complexity index is 689. The largest absolute Gasteiger partial charge is 0.299 e. The standard InChI is InChI=1S/C24H34O3/c1-5-9-18(21(7-3)22(26)15-20(25)6-2)12-17-13-19-11-8-10-16(4)24(19)23(27)14-17/h8,10-11,17-18,21H,5-7,9,12-15H2,1-4H3. The summed E-state index contributed by atoms with van der Waals surface area (Å²) in [5.41, 5.74) is 3.14. The summed E-state index contributed by atoms with van der Waals surface area (Å²) < 4.78 is 0. The maximum absolute atomic E-state index is 12.7. The van der Waals surface area contributed by atoms with Gasteiger partial charge in [0.15, 0.2) is 5.78 Å². The van der Waals surface area contributed by atoms with Crippen molar-refractivity contribution in [3.05, 3.63) is 34.9 Å². The first-order chi connectivity index (χ1) is 12.9. The van der Waals surface area contributed by atoms with Gasteiger partial charge in [-0.2, -0.15) is 0 Å². The van der Waals surface area contributed by atoms with E-state index in [4.69, 9.17) is 0 Å². The number of fused-ring (bicyclic) bond motifs is 1. The lowest BCUT2D eigenvalue weighted by atomic mass is 9.72. The number of ketones is 3. The van der Waals surface area contributed by atoms with Crippen molar-refractivity contribution in [2.45, 2.75) is 79.1 Å². The van der Waals surface area contributed by atoms with Gasteiger partial charge in [0.05, 0.1) is 6.42 Å². The fourth-order valence-electron chi connectivity index (χ4n) is 4.77. The molecule has 3 heteroatoms. The molecule has 0 heterocycles. The van der Waals surface area contributed by atoms with Crippen LogP contribution < -0.4 is 0 Å². The van der Waals surface area contributed by atoms with Gasteiger partial charge in [-0.25, -0.2) is 0 Å². The molecular weight excluding hydrogens is 336 g/mol. The molecule has 3 nitrogen and oxygen atoms in total. The Hall–Kier alpha value is -1.77. The van der Waals surface area contributed by atoms with E-state index in [1.54, 1.807) is 0 Å². The van der Waals surface area contributed by atoms with Gasteiger partial charge in [0.2, 0.25) is 0 Å². The van der Waals surface area contributed by atoms with Gasteiger partial charge in [-0.15, -0.1) is 0 Å². The van der Waals surface area contributed by atoms with Gasteiger partial charge >= 0.3 is 0 Å².